The van der Waals surface area contributed by atoms with Crippen molar-refractivity contribution in [3.63, 3.8) is 0 Å². The van der Waals surface area contributed by atoms with Crippen molar-refractivity contribution in [1.82, 2.24) is 9.80 Å². The number of benzene rings is 2. The molecule has 3 aliphatic rings. The summed E-state index contributed by atoms with van der Waals surface area (Å²) in [5.74, 6) is -0.430. The molecule has 0 bridgehead atoms. The van der Waals surface area contributed by atoms with Gasteiger partial charge >= 0.3 is 5.97 Å². The zero-order valence-electron chi connectivity index (χ0n) is 23.5. The number of carboxylic acids is 1. The fraction of sp³-hybridized carbons (Fsp3) is 0.531. The molecule has 1 heterocycles. The Morgan fingerprint density at radius 2 is 1.80 bits per heavy atom. The minimum atomic E-state index is -0.691. The van der Waals surface area contributed by atoms with Crippen LogP contribution in [0.1, 0.15) is 80.2 Å². The lowest BCUT2D eigenvalue weighted by Gasteiger charge is -2.37. The highest BCUT2D eigenvalue weighted by atomic mass is 35.5. The van der Waals surface area contributed by atoms with Crippen molar-refractivity contribution in [3.8, 4) is 5.75 Å². The Morgan fingerprint density at radius 3 is 2.54 bits per heavy atom. The van der Waals surface area contributed by atoms with Crippen LogP contribution in [0.4, 0.5) is 0 Å². The molecule has 2 amide bonds. The standard InChI is InChI=1S/C32H38Cl2N2O5/c1-2-21-17-20(7-12-28(21)41-16-15-36-29(37)13-14-30(36)38)18-35(19-22-5-3-4-6-23(22)32(39)40)27-11-9-25-24(27)8-10-26(33)31(25)34/h7-8,10,12,17,22-23,27H,2-6,9,11,13-16,18-19H2,1H3,(H,39,40)/t22?,23?,27-/m0/s1. The van der Waals surface area contributed by atoms with E-state index in [1.807, 2.05) is 12.1 Å². The largest absolute Gasteiger partial charge is 0.491 e. The van der Waals surface area contributed by atoms with Gasteiger partial charge in [-0.15, -0.1) is 0 Å². The number of amides is 2. The Hall–Kier alpha value is -2.61. The van der Waals surface area contributed by atoms with E-state index in [1.54, 1.807) is 0 Å². The predicted molar refractivity (Wildman–Crippen MR) is 158 cm³/mol. The molecule has 9 heteroatoms. The first-order valence-electron chi connectivity index (χ1n) is 14.8. The SMILES string of the molecule is CCc1cc(CN(CC2CCCCC2C(=O)O)[C@H]2CCc3c2ccc(Cl)c3Cl)ccc1OCCN1C(=O)CCC1=O. The maximum absolute atomic E-state index is 12.1. The molecule has 0 aromatic heterocycles. The summed E-state index contributed by atoms with van der Waals surface area (Å²) >= 11 is 12.9. The monoisotopic (exact) mass is 600 g/mol. The second-order valence-corrected chi connectivity index (χ2v) is 12.3. The lowest BCUT2D eigenvalue weighted by Crippen LogP contribution is -2.38. The van der Waals surface area contributed by atoms with Crippen LogP contribution in [0.5, 0.6) is 5.75 Å². The van der Waals surface area contributed by atoms with Crippen molar-refractivity contribution in [2.24, 2.45) is 11.8 Å². The summed E-state index contributed by atoms with van der Waals surface area (Å²) in [6, 6.07) is 10.3. The quantitative estimate of drug-likeness (QED) is 0.298. The molecule has 1 saturated carbocycles. The lowest BCUT2D eigenvalue weighted by molar-refractivity contribution is -0.145. The molecule has 2 aromatic rings. The molecule has 7 nitrogen and oxygen atoms in total. The van der Waals surface area contributed by atoms with E-state index in [9.17, 15) is 19.5 Å². The van der Waals surface area contributed by atoms with Gasteiger partial charge in [-0.3, -0.25) is 24.2 Å². The first kappa shape index (κ1) is 29.9. The minimum absolute atomic E-state index is 0.0948. The van der Waals surface area contributed by atoms with E-state index in [4.69, 9.17) is 27.9 Å². The normalized spacial score (nSPS) is 22.4. The molecular formula is C32H38Cl2N2O5. The summed E-state index contributed by atoms with van der Waals surface area (Å²) < 4.78 is 6.03. The number of aryl methyl sites for hydroxylation is 1. The molecule has 5 rings (SSSR count). The number of halogens is 2. The van der Waals surface area contributed by atoms with Gasteiger partial charge in [0.25, 0.3) is 0 Å². The number of hydrogen-bond donors (Lipinski definition) is 1. The Balaban J connectivity index is 1.35. The van der Waals surface area contributed by atoms with Crippen molar-refractivity contribution in [1.29, 1.82) is 0 Å². The van der Waals surface area contributed by atoms with Crippen LogP contribution in [0.2, 0.25) is 10.0 Å². The zero-order valence-corrected chi connectivity index (χ0v) is 25.1. The molecule has 2 unspecified atom stereocenters. The Bertz CT molecular complexity index is 1300. The highest BCUT2D eigenvalue weighted by Crippen LogP contribution is 2.44. The fourth-order valence-electron chi connectivity index (χ4n) is 6.85. The average molecular weight is 602 g/mol. The third-order valence-corrected chi connectivity index (χ3v) is 9.86. The van der Waals surface area contributed by atoms with E-state index in [-0.39, 0.29) is 55.7 Å². The van der Waals surface area contributed by atoms with Crippen molar-refractivity contribution >= 4 is 41.0 Å². The molecular weight excluding hydrogens is 563 g/mol. The van der Waals surface area contributed by atoms with Crippen LogP contribution in [0.15, 0.2) is 30.3 Å². The van der Waals surface area contributed by atoms with Gasteiger partial charge in [0.2, 0.25) is 11.8 Å². The number of fused-ring (bicyclic) bond motifs is 1. The Labute approximate surface area is 251 Å². The first-order chi connectivity index (χ1) is 19.8. The van der Waals surface area contributed by atoms with E-state index in [1.165, 1.54) is 10.5 Å². The highest BCUT2D eigenvalue weighted by molar-refractivity contribution is 6.42. The van der Waals surface area contributed by atoms with Gasteiger partial charge < -0.3 is 9.84 Å². The minimum Gasteiger partial charge on any atom is -0.491 e. The second kappa shape index (κ2) is 13.1. The summed E-state index contributed by atoms with van der Waals surface area (Å²) in [6.45, 7) is 3.98. The van der Waals surface area contributed by atoms with Crippen molar-refractivity contribution in [2.75, 3.05) is 19.7 Å². The second-order valence-electron chi connectivity index (χ2n) is 11.5. The third kappa shape index (κ3) is 6.58. The van der Waals surface area contributed by atoms with Crippen molar-refractivity contribution < 1.29 is 24.2 Å². The number of imide groups is 1. The Kier molecular flexibility index (Phi) is 9.57. The fourth-order valence-corrected chi connectivity index (χ4v) is 7.29. The molecule has 41 heavy (non-hydrogen) atoms. The molecule has 1 saturated heterocycles. The van der Waals surface area contributed by atoms with Crippen LogP contribution in [0.3, 0.4) is 0 Å². The highest BCUT2D eigenvalue weighted by Gasteiger charge is 2.36. The maximum atomic E-state index is 12.1. The predicted octanol–water partition coefficient (Wildman–Crippen LogP) is 6.46. The Morgan fingerprint density at radius 1 is 1.05 bits per heavy atom. The van der Waals surface area contributed by atoms with Gasteiger partial charge in [-0.1, -0.05) is 61.2 Å². The van der Waals surface area contributed by atoms with Crippen LogP contribution >= 0.6 is 23.2 Å². The van der Waals surface area contributed by atoms with E-state index >= 15 is 0 Å². The van der Waals surface area contributed by atoms with Gasteiger partial charge in [-0.2, -0.15) is 0 Å². The summed E-state index contributed by atoms with van der Waals surface area (Å²) in [6.07, 6.45) is 6.77. The number of likely N-dealkylation sites (tertiary alicyclic amines) is 1. The molecule has 2 fully saturated rings. The number of carbonyl (C=O) groups is 3. The van der Waals surface area contributed by atoms with Crippen LogP contribution in [-0.4, -0.2) is 52.4 Å². The summed E-state index contributed by atoms with van der Waals surface area (Å²) in [4.78, 5) is 39.7. The van der Waals surface area contributed by atoms with E-state index in [2.05, 4.69) is 30.0 Å². The molecule has 2 aliphatic carbocycles. The van der Waals surface area contributed by atoms with Gasteiger partial charge in [0.15, 0.2) is 0 Å². The maximum Gasteiger partial charge on any atom is 0.306 e. The number of carboxylic acid groups (broad SMARTS) is 1. The van der Waals surface area contributed by atoms with Gasteiger partial charge in [0.05, 0.1) is 22.5 Å². The lowest BCUT2D eigenvalue weighted by atomic mass is 9.78. The molecule has 3 atom stereocenters. The van der Waals surface area contributed by atoms with E-state index in [0.29, 0.717) is 23.1 Å². The molecule has 2 aromatic carbocycles. The molecule has 1 N–H and O–H groups in total. The third-order valence-electron chi connectivity index (χ3n) is 9.01. The number of rotatable bonds is 11. The summed E-state index contributed by atoms with van der Waals surface area (Å²) in [7, 11) is 0. The number of aliphatic carboxylic acids is 1. The van der Waals surface area contributed by atoms with Crippen LogP contribution < -0.4 is 4.74 Å². The average Bonchev–Trinajstić information content (AvgIpc) is 3.54. The van der Waals surface area contributed by atoms with Crippen LogP contribution in [0.25, 0.3) is 0 Å². The smallest absolute Gasteiger partial charge is 0.306 e. The van der Waals surface area contributed by atoms with E-state index in [0.717, 1.165) is 67.4 Å². The zero-order chi connectivity index (χ0) is 29.1. The van der Waals surface area contributed by atoms with Gasteiger partial charge in [-0.05, 0) is 72.4 Å². The van der Waals surface area contributed by atoms with Gasteiger partial charge in [-0.25, -0.2) is 0 Å². The topological polar surface area (TPSA) is 87.2 Å². The summed E-state index contributed by atoms with van der Waals surface area (Å²) in [5, 5.41) is 11.2. The van der Waals surface area contributed by atoms with Crippen molar-refractivity contribution in [3.05, 3.63) is 62.6 Å². The summed E-state index contributed by atoms with van der Waals surface area (Å²) in [5.41, 5.74) is 4.48. The van der Waals surface area contributed by atoms with Crippen LogP contribution in [-0.2, 0) is 33.8 Å². The first-order valence-corrected chi connectivity index (χ1v) is 15.5. The van der Waals surface area contributed by atoms with Gasteiger partial charge in [0.1, 0.15) is 12.4 Å². The molecule has 220 valence electrons. The van der Waals surface area contributed by atoms with E-state index < -0.39 is 5.97 Å². The number of hydrogen-bond acceptors (Lipinski definition) is 5. The van der Waals surface area contributed by atoms with Crippen LogP contribution in [0, 0.1) is 11.8 Å². The number of ether oxygens (including phenoxy) is 1. The number of nitrogens with zero attached hydrogens (tertiary/aromatic N) is 2. The van der Waals surface area contributed by atoms with Crippen molar-refractivity contribution in [2.45, 2.75) is 77.3 Å². The molecule has 0 radical (unpaired) electrons. The van der Waals surface area contributed by atoms with Gasteiger partial charge in [0, 0.05) is 32.0 Å². The molecule has 1 aliphatic heterocycles. The number of carbonyl (C=O) groups excluding carboxylic acids is 2. The molecule has 0 spiro atoms.